The third kappa shape index (κ3) is 5.11. The van der Waals surface area contributed by atoms with Crippen LogP contribution in [0, 0.1) is 12.8 Å². The molecule has 2 N–H and O–H groups in total. The molecule has 5 heteroatoms. The lowest BCUT2D eigenvalue weighted by Gasteiger charge is -2.28. The number of hydrogen-bond acceptors (Lipinski definition) is 3. The second kappa shape index (κ2) is 8.55. The molecular formula is C18H27ClN2O2. The number of para-hydroxylation sites is 1. The van der Waals surface area contributed by atoms with Gasteiger partial charge in [-0.15, -0.1) is 12.4 Å². The lowest BCUT2D eigenvalue weighted by atomic mass is 9.89. The summed E-state index contributed by atoms with van der Waals surface area (Å²) in [5, 5.41) is 6.60. The minimum atomic E-state index is 0. The third-order valence-corrected chi connectivity index (χ3v) is 4.82. The number of benzene rings is 1. The fourth-order valence-electron chi connectivity index (χ4n) is 3.75. The summed E-state index contributed by atoms with van der Waals surface area (Å²) in [5.74, 6) is 1.61. The molecule has 1 amide bonds. The van der Waals surface area contributed by atoms with Crippen LogP contribution in [0.1, 0.15) is 37.7 Å². The lowest BCUT2D eigenvalue weighted by Crippen LogP contribution is -2.40. The zero-order chi connectivity index (χ0) is 15.4. The van der Waals surface area contributed by atoms with Gasteiger partial charge >= 0.3 is 0 Å². The van der Waals surface area contributed by atoms with Crippen LogP contribution in [-0.4, -0.2) is 31.1 Å². The molecule has 0 radical (unpaired) electrons. The highest BCUT2D eigenvalue weighted by molar-refractivity contribution is 5.85. The maximum Gasteiger partial charge on any atom is 0.220 e. The highest BCUT2D eigenvalue weighted by Gasteiger charge is 2.33. The van der Waals surface area contributed by atoms with Crippen LogP contribution >= 0.6 is 12.4 Å². The number of ether oxygens (including phenoxy) is 1. The van der Waals surface area contributed by atoms with E-state index in [-0.39, 0.29) is 18.3 Å². The van der Waals surface area contributed by atoms with E-state index < -0.39 is 0 Å². The molecule has 0 saturated carbocycles. The zero-order valence-corrected chi connectivity index (χ0v) is 14.5. The molecule has 2 atom stereocenters. The molecule has 2 unspecified atom stereocenters. The summed E-state index contributed by atoms with van der Waals surface area (Å²) in [6.07, 6.45) is 5.55. The molecule has 2 aliphatic rings. The van der Waals surface area contributed by atoms with Gasteiger partial charge in [0, 0.05) is 18.5 Å². The fourth-order valence-corrected chi connectivity index (χ4v) is 3.75. The number of rotatable bonds is 6. The molecule has 23 heavy (non-hydrogen) atoms. The third-order valence-electron chi connectivity index (χ3n) is 4.82. The van der Waals surface area contributed by atoms with E-state index in [1.54, 1.807) is 0 Å². The van der Waals surface area contributed by atoms with Gasteiger partial charge in [-0.2, -0.15) is 0 Å². The normalized spacial score (nSPS) is 25.5. The van der Waals surface area contributed by atoms with Gasteiger partial charge in [0.05, 0.1) is 6.54 Å². The minimum absolute atomic E-state index is 0. The number of carbonyl (C=O) groups is 1. The summed E-state index contributed by atoms with van der Waals surface area (Å²) in [7, 11) is 0. The highest BCUT2D eigenvalue weighted by atomic mass is 35.5. The minimum Gasteiger partial charge on any atom is -0.491 e. The van der Waals surface area contributed by atoms with Gasteiger partial charge in [0.1, 0.15) is 12.4 Å². The first-order valence-electron chi connectivity index (χ1n) is 8.42. The van der Waals surface area contributed by atoms with Gasteiger partial charge < -0.3 is 15.4 Å². The van der Waals surface area contributed by atoms with Crippen LogP contribution in [0.2, 0.25) is 0 Å². The van der Waals surface area contributed by atoms with Gasteiger partial charge in [-0.3, -0.25) is 4.79 Å². The number of fused-ring (bicyclic) bond motifs is 2. The molecule has 1 aromatic carbocycles. The zero-order valence-electron chi connectivity index (χ0n) is 13.7. The molecular weight excluding hydrogens is 312 g/mol. The van der Waals surface area contributed by atoms with E-state index in [2.05, 4.69) is 10.6 Å². The monoisotopic (exact) mass is 338 g/mol. The molecule has 3 rings (SSSR count). The topological polar surface area (TPSA) is 50.4 Å². The quantitative estimate of drug-likeness (QED) is 0.784. The number of carbonyl (C=O) groups excluding carboxylic acids is 1. The number of halogens is 1. The molecule has 2 fully saturated rings. The van der Waals surface area contributed by atoms with Gasteiger partial charge in [-0.1, -0.05) is 18.2 Å². The van der Waals surface area contributed by atoms with Crippen LogP contribution in [0.15, 0.2) is 24.3 Å². The summed E-state index contributed by atoms with van der Waals surface area (Å²) in [5.41, 5.74) is 1.12. The van der Waals surface area contributed by atoms with Crippen molar-refractivity contribution in [1.29, 1.82) is 0 Å². The van der Waals surface area contributed by atoms with Crippen molar-refractivity contribution < 1.29 is 9.53 Å². The van der Waals surface area contributed by atoms with Crippen molar-refractivity contribution >= 4 is 18.3 Å². The van der Waals surface area contributed by atoms with Crippen LogP contribution < -0.4 is 15.4 Å². The number of piperidine rings is 1. The predicted octanol–water partition coefficient (Wildman–Crippen LogP) is 2.83. The Morgan fingerprint density at radius 1 is 1.26 bits per heavy atom. The standard InChI is InChI=1S/C18H26N2O2.ClH/c1-13-4-2-3-5-17(13)22-9-8-19-18(21)12-14-10-15-6-7-16(11-14)20-15;/h2-5,14-16,20H,6-12H2,1H3,(H,19,21);1H. The molecule has 2 saturated heterocycles. The van der Waals surface area contributed by atoms with Crippen LogP contribution in [0.4, 0.5) is 0 Å². The number of hydrogen-bond donors (Lipinski definition) is 2. The average molecular weight is 339 g/mol. The molecule has 4 nitrogen and oxygen atoms in total. The Balaban J connectivity index is 0.00000192. The molecule has 1 aromatic rings. The van der Waals surface area contributed by atoms with Crippen LogP contribution in [0.5, 0.6) is 5.75 Å². The molecule has 2 aliphatic heterocycles. The second-order valence-corrected chi connectivity index (χ2v) is 6.64. The van der Waals surface area contributed by atoms with Crippen molar-refractivity contribution in [2.24, 2.45) is 5.92 Å². The van der Waals surface area contributed by atoms with Crippen molar-refractivity contribution in [2.75, 3.05) is 13.2 Å². The second-order valence-electron chi connectivity index (χ2n) is 6.64. The van der Waals surface area contributed by atoms with E-state index >= 15 is 0 Å². The van der Waals surface area contributed by atoms with Crippen LogP contribution in [-0.2, 0) is 4.79 Å². The summed E-state index contributed by atoms with van der Waals surface area (Å²) >= 11 is 0. The molecule has 128 valence electrons. The van der Waals surface area contributed by atoms with Gasteiger partial charge in [-0.25, -0.2) is 0 Å². The van der Waals surface area contributed by atoms with Gasteiger partial charge in [-0.05, 0) is 50.2 Å². The Bertz CT molecular complexity index is 511. The summed E-state index contributed by atoms with van der Waals surface area (Å²) in [6, 6.07) is 9.26. The molecule has 0 aromatic heterocycles. The Labute approximate surface area is 144 Å². The van der Waals surface area contributed by atoms with Gasteiger partial charge in [0.25, 0.3) is 0 Å². The number of amides is 1. The Morgan fingerprint density at radius 2 is 1.96 bits per heavy atom. The van der Waals surface area contributed by atoms with Crippen LogP contribution in [0.3, 0.4) is 0 Å². The van der Waals surface area contributed by atoms with E-state index in [9.17, 15) is 4.79 Å². The molecule has 0 spiro atoms. The van der Waals surface area contributed by atoms with E-state index in [1.165, 1.54) is 12.8 Å². The smallest absolute Gasteiger partial charge is 0.220 e. The number of aryl methyl sites for hydroxylation is 1. The molecule has 0 aliphatic carbocycles. The van der Waals surface area contributed by atoms with E-state index in [0.29, 0.717) is 37.6 Å². The maximum absolute atomic E-state index is 12.0. The van der Waals surface area contributed by atoms with Crippen molar-refractivity contribution in [2.45, 2.75) is 51.1 Å². The Hall–Kier alpha value is -1.26. The van der Waals surface area contributed by atoms with E-state index in [1.807, 2.05) is 31.2 Å². The first-order chi connectivity index (χ1) is 10.7. The average Bonchev–Trinajstić information content (AvgIpc) is 2.84. The van der Waals surface area contributed by atoms with Gasteiger partial charge in [0.15, 0.2) is 0 Å². The number of nitrogens with one attached hydrogen (secondary N) is 2. The van der Waals surface area contributed by atoms with Crippen molar-refractivity contribution in [3.05, 3.63) is 29.8 Å². The van der Waals surface area contributed by atoms with Crippen LogP contribution in [0.25, 0.3) is 0 Å². The first-order valence-corrected chi connectivity index (χ1v) is 8.42. The molecule has 2 bridgehead atoms. The molecule has 2 heterocycles. The predicted molar refractivity (Wildman–Crippen MR) is 94.2 cm³/mol. The highest BCUT2D eigenvalue weighted by Crippen LogP contribution is 2.32. The summed E-state index contributed by atoms with van der Waals surface area (Å²) < 4.78 is 5.70. The van der Waals surface area contributed by atoms with Crippen molar-refractivity contribution in [3.63, 3.8) is 0 Å². The van der Waals surface area contributed by atoms with Crippen molar-refractivity contribution in [3.8, 4) is 5.75 Å². The lowest BCUT2D eigenvalue weighted by molar-refractivity contribution is -0.122. The first kappa shape index (κ1) is 18.1. The Morgan fingerprint density at radius 3 is 2.65 bits per heavy atom. The SMILES string of the molecule is Cc1ccccc1OCCNC(=O)CC1CC2CCC(C1)N2.Cl. The van der Waals surface area contributed by atoms with E-state index in [4.69, 9.17) is 4.74 Å². The summed E-state index contributed by atoms with van der Waals surface area (Å²) in [6.45, 7) is 3.12. The maximum atomic E-state index is 12.0. The Kier molecular flexibility index (Phi) is 6.72. The summed E-state index contributed by atoms with van der Waals surface area (Å²) in [4.78, 5) is 12.0. The van der Waals surface area contributed by atoms with Crippen molar-refractivity contribution in [1.82, 2.24) is 10.6 Å². The fraction of sp³-hybridized carbons (Fsp3) is 0.611. The largest absolute Gasteiger partial charge is 0.491 e. The van der Waals surface area contributed by atoms with Gasteiger partial charge in [0.2, 0.25) is 5.91 Å². The van der Waals surface area contributed by atoms with E-state index in [0.717, 1.165) is 24.2 Å².